The van der Waals surface area contributed by atoms with E-state index < -0.39 is 0 Å². The molecule has 0 unspecified atom stereocenters. The molecular weight excluding hydrogens is 240 g/mol. The number of nitrogens with two attached hydrogens (primary N) is 1. The average molecular weight is 260 g/mol. The second-order valence-electron chi connectivity index (χ2n) is 4.70. The summed E-state index contributed by atoms with van der Waals surface area (Å²) in [6, 6.07) is 8.19. The molecule has 0 fully saturated rings. The van der Waals surface area contributed by atoms with Crippen LogP contribution in [0.3, 0.4) is 0 Å². The molecule has 1 aromatic carbocycles. The van der Waals surface area contributed by atoms with Crippen molar-refractivity contribution in [3.05, 3.63) is 35.7 Å². The predicted octanol–water partition coefficient (Wildman–Crippen LogP) is 2.81. The molecule has 1 aromatic heterocycles. The van der Waals surface area contributed by atoms with Crippen LogP contribution in [0.15, 0.2) is 24.3 Å². The first-order valence-electron chi connectivity index (χ1n) is 6.55. The number of benzene rings is 1. The molecule has 1 atom stereocenters. The van der Waals surface area contributed by atoms with Crippen LogP contribution in [0.1, 0.15) is 37.7 Å². The van der Waals surface area contributed by atoms with Crippen LogP contribution in [-0.4, -0.2) is 14.8 Å². The van der Waals surface area contributed by atoms with Gasteiger partial charge in [-0.2, -0.15) is 0 Å². The van der Waals surface area contributed by atoms with Crippen molar-refractivity contribution in [1.29, 1.82) is 0 Å². The molecule has 0 aliphatic carbocycles. The normalized spacial score (nSPS) is 12.4. The number of ether oxygens (including phenoxy) is 1. The molecular formula is C14H20N4O. The second-order valence-corrected chi connectivity index (χ2v) is 4.70. The summed E-state index contributed by atoms with van der Waals surface area (Å²) in [5.41, 5.74) is 7.09. The number of hydrogen-bond donors (Lipinski definition) is 1. The highest BCUT2D eigenvalue weighted by Crippen LogP contribution is 2.22. The molecule has 0 saturated heterocycles. The molecule has 5 nitrogen and oxygen atoms in total. The topological polar surface area (TPSA) is 66.0 Å². The maximum atomic E-state index is 5.89. The Morgan fingerprint density at radius 3 is 2.53 bits per heavy atom. The van der Waals surface area contributed by atoms with Gasteiger partial charge in [0.15, 0.2) is 5.82 Å². The molecule has 2 rings (SSSR count). The standard InChI is InChI=1S/C14H20N4O/c1-4-9-18-13(11(3)15)16-17-14(18)19-12-7-5-10(2)6-8-12/h5-8,11H,4,9,15H2,1-3H3/t11-/m1/s1. The number of nitrogens with zero attached hydrogens (tertiary/aromatic N) is 3. The van der Waals surface area contributed by atoms with Gasteiger partial charge in [0, 0.05) is 6.54 Å². The third-order valence-corrected chi connectivity index (χ3v) is 2.83. The lowest BCUT2D eigenvalue weighted by atomic mass is 10.2. The lowest BCUT2D eigenvalue weighted by Gasteiger charge is -2.11. The monoisotopic (exact) mass is 260 g/mol. The van der Waals surface area contributed by atoms with Crippen molar-refractivity contribution < 1.29 is 4.74 Å². The predicted molar refractivity (Wildman–Crippen MR) is 74.2 cm³/mol. The minimum absolute atomic E-state index is 0.158. The van der Waals surface area contributed by atoms with Crippen LogP contribution < -0.4 is 10.5 Å². The van der Waals surface area contributed by atoms with Crippen LogP contribution in [0.4, 0.5) is 0 Å². The van der Waals surface area contributed by atoms with Gasteiger partial charge in [0.2, 0.25) is 0 Å². The molecule has 0 amide bonds. The Bertz CT molecular complexity index is 531. The third kappa shape index (κ3) is 3.12. The van der Waals surface area contributed by atoms with Crippen molar-refractivity contribution in [2.45, 2.75) is 39.8 Å². The molecule has 0 saturated carbocycles. The van der Waals surface area contributed by atoms with Gasteiger partial charge < -0.3 is 10.5 Å². The van der Waals surface area contributed by atoms with E-state index in [1.165, 1.54) is 5.56 Å². The summed E-state index contributed by atoms with van der Waals surface area (Å²) >= 11 is 0. The zero-order chi connectivity index (χ0) is 13.8. The van der Waals surface area contributed by atoms with E-state index in [9.17, 15) is 0 Å². The fourth-order valence-electron chi connectivity index (χ4n) is 1.86. The summed E-state index contributed by atoms with van der Waals surface area (Å²) in [5.74, 6) is 1.51. The summed E-state index contributed by atoms with van der Waals surface area (Å²) in [6.45, 7) is 6.83. The smallest absolute Gasteiger partial charge is 0.322 e. The zero-order valence-corrected chi connectivity index (χ0v) is 11.6. The van der Waals surface area contributed by atoms with Crippen molar-refractivity contribution in [2.24, 2.45) is 5.73 Å². The van der Waals surface area contributed by atoms with Gasteiger partial charge in [-0.15, -0.1) is 5.10 Å². The van der Waals surface area contributed by atoms with Gasteiger partial charge in [-0.25, -0.2) is 0 Å². The zero-order valence-electron chi connectivity index (χ0n) is 11.6. The number of aromatic nitrogens is 3. The third-order valence-electron chi connectivity index (χ3n) is 2.83. The van der Waals surface area contributed by atoms with Crippen molar-refractivity contribution in [2.75, 3.05) is 0 Å². The van der Waals surface area contributed by atoms with E-state index in [1.807, 2.05) is 42.7 Å². The summed E-state index contributed by atoms with van der Waals surface area (Å²) in [6.07, 6.45) is 0.974. The second kappa shape index (κ2) is 5.84. The summed E-state index contributed by atoms with van der Waals surface area (Å²) in [7, 11) is 0. The Morgan fingerprint density at radius 1 is 1.26 bits per heavy atom. The van der Waals surface area contributed by atoms with E-state index in [2.05, 4.69) is 17.1 Å². The maximum absolute atomic E-state index is 5.89. The first-order chi connectivity index (χ1) is 9.11. The van der Waals surface area contributed by atoms with Gasteiger partial charge in [0.05, 0.1) is 6.04 Å². The number of rotatable bonds is 5. The number of aryl methyl sites for hydroxylation is 1. The van der Waals surface area contributed by atoms with Gasteiger partial charge in [0.1, 0.15) is 5.75 Å². The van der Waals surface area contributed by atoms with Gasteiger partial charge >= 0.3 is 6.01 Å². The van der Waals surface area contributed by atoms with Crippen molar-refractivity contribution >= 4 is 0 Å². The van der Waals surface area contributed by atoms with Crippen LogP contribution in [0.2, 0.25) is 0 Å². The molecule has 0 aliphatic heterocycles. The summed E-state index contributed by atoms with van der Waals surface area (Å²) < 4.78 is 7.72. The molecule has 1 heterocycles. The summed E-state index contributed by atoms with van der Waals surface area (Å²) in [4.78, 5) is 0. The molecule has 0 radical (unpaired) electrons. The van der Waals surface area contributed by atoms with E-state index in [-0.39, 0.29) is 6.04 Å². The molecule has 5 heteroatoms. The van der Waals surface area contributed by atoms with Gasteiger partial charge in [0.25, 0.3) is 0 Å². The quantitative estimate of drug-likeness (QED) is 0.897. The summed E-state index contributed by atoms with van der Waals surface area (Å²) in [5, 5.41) is 8.20. The van der Waals surface area contributed by atoms with E-state index in [0.717, 1.165) is 24.5 Å². The SMILES string of the molecule is CCCn1c(Oc2ccc(C)cc2)nnc1[C@@H](C)N. The first kappa shape index (κ1) is 13.5. The Labute approximate surface area is 113 Å². The Hall–Kier alpha value is -1.88. The molecule has 0 aliphatic rings. The van der Waals surface area contributed by atoms with Crippen LogP contribution in [0.5, 0.6) is 11.8 Å². The highest BCUT2D eigenvalue weighted by Gasteiger charge is 2.16. The largest absolute Gasteiger partial charge is 0.424 e. The Morgan fingerprint density at radius 2 is 1.95 bits per heavy atom. The molecule has 102 valence electrons. The van der Waals surface area contributed by atoms with Crippen molar-refractivity contribution in [3.63, 3.8) is 0 Å². The maximum Gasteiger partial charge on any atom is 0.322 e. The fraction of sp³-hybridized carbons (Fsp3) is 0.429. The lowest BCUT2D eigenvalue weighted by Crippen LogP contribution is -2.14. The average Bonchev–Trinajstić information content (AvgIpc) is 2.76. The van der Waals surface area contributed by atoms with Crippen LogP contribution in [0.25, 0.3) is 0 Å². The fourth-order valence-corrected chi connectivity index (χ4v) is 1.86. The minimum atomic E-state index is -0.158. The van der Waals surface area contributed by atoms with Gasteiger partial charge in [-0.05, 0) is 32.4 Å². The molecule has 19 heavy (non-hydrogen) atoms. The van der Waals surface area contributed by atoms with Crippen molar-refractivity contribution in [3.8, 4) is 11.8 Å². The van der Waals surface area contributed by atoms with Crippen molar-refractivity contribution in [1.82, 2.24) is 14.8 Å². The van der Waals surface area contributed by atoms with Gasteiger partial charge in [-0.1, -0.05) is 29.7 Å². The highest BCUT2D eigenvalue weighted by molar-refractivity contribution is 5.28. The van der Waals surface area contributed by atoms with Crippen LogP contribution in [-0.2, 0) is 6.54 Å². The molecule has 0 spiro atoms. The van der Waals surface area contributed by atoms with Crippen LogP contribution >= 0.6 is 0 Å². The first-order valence-corrected chi connectivity index (χ1v) is 6.55. The Balaban J connectivity index is 2.26. The molecule has 0 bridgehead atoms. The highest BCUT2D eigenvalue weighted by atomic mass is 16.5. The van der Waals surface area contributed by atoms with E-state index in [4.69, 9.17) is 10.5 Å². The number of hydrogen-bond acceptors (Lipinski definition) is 4. The van der Waals surface area contributed by atoms with E-state index in [1.54, 1.807) is 0 Å². The molecule has 2 N–H and O–H groups in total. The van der Waals surface area contributed by atoms with Gasteiger partial charge in [-0.3, -0.25) is 4.57 Å². The van der Waals surface area contributed by atoms with E-state index >= 15 is 0 Å². The van der Waals surface area contributed by atoms with Crippen LogP contribution in [0, 0.1) is 6.92 Å². The minimum Gasteiger partial charge on any atom is -0.424 e. The Kier molecular flexibility index (Phi) is 4.16. The van der Waals surface area contributed by atoms with E-state index in [0.29, 0.717) is 6.01 Å². The molecule has 2 aromatic rings. The lowest BCUT2D eigenvalue weighted by molar-refractivity contribution is 0.403.